The normalized spacial score (nSPS) is 10.2. The van der Waals surface area contributed by atoms with E-state index < -0.39 is 0 Å². The van der Waals surface area contributed by atoms with Crippen molar-refractivity contribution in [3.05, 3.63) is 23.8 Å². The maximum absolute atomic E-state index is 5.19. The van der Waals surface area contributed by atoms with Crippen LogP contribution < -0.4 is 14.9 Å². The van der Waals surface area contributed by atoms with Gasteiger partial charge in [-0.2, -0.15) is 5.10 Å². The molecule has 4 heteroatoms. The Kier molecular flexibility index (Phi) is 3.79. The second kappa shape index (κ2) is 5.11. The van der Waals surface area contributed by atoms with E-state index in [0.717, 1.165) is 17.1 Å². The van der Waals surface area contributed by atoms with Crippen LogP contribution in [0.1, 0.15) is 5.56 Å². The fraction of sp³-hybridized carbons (Fsp3) is 0.300. The minimum atomic E-state index is 0.739. The van der Waals surface area contributed by atoms with Crippen molar-refractivity contribution in [3.8, 4) is 11.5 Å². The van der Waals surface area contributed by atoms with Crippen molar-refractivity contribution >= 4 is 6.21 Å². The highest BCUT2D eigenvalue weighted by molar-refractivity contribution is 5.83. The second-order valence-electron chi connectivity index (χ2n) is 2.59. The first-order valence-corrected chi connectivity index (χ1v) is 4.23. The number of nitrogens with one attached hydrogen (secondary N) is 1. The van der Waals surface area contributed by atoms with Crippen LogP contribution in [0.2, 0.25) is 0 Å². The first-order valence-electron chi connectivity index (χ1n) is 4.23. The molecule has 0 unspecified atom stereocenters. The van der Waals surface area contributed by atoms with E-state index in [1.807, 2.05) is 18.2 Å². The summed E-state index contributed by atoms with van der Waals surface area (Å²) in [6.45, 7) is 0. The summed E-state index contributed by atoms with van der Waals surface area (Å²) in [6.07, 6.45) is 1.69. The largest absolute Gasteiger partial charge is 0.497 e. The third kappa shape index (κ3) is 2.39. The fourth-order valence-electron chi connectivity index (χ4n) is 1.06. The van der Waals surface area contributed by atoms with E-state index in [9.17, 15) is 0 Å². The molecule has 0 atom stereocenters. The van der Waals surface area contributed by atoms with Gasteiger partial charge in [-0.05, 0) is 12.1 Å². The highest BCUT2D eigenvalue weighted by Crippen LogP contribution is 2.22. The molecule has 0 aromatic heterocycles. The Morgan fingerprint density at radius 3 is 2.64 bits per heavy atom. The van der Waals surface area contributed by atoms with Crippen LogP contribution in [-0.4, -0.2) is 27.5 Å². The summed E-state index contributed by atoms with van der Waals surface area (Å²) >= 11 is 0. The molecule has 0 radical (unpaired) electrons. The second-order valence-corrected chi connectivity index (χ2v) is 2.59. The summed E-state index contributed by atoms with van der Waals surface area (Å²) in [4.78, 5) is 0. The van der Waals surface area contributed by atoms with Crippen molar-refractivity contribution in [2.24, 2.45) is 5.10 Å². The molecule has 1 N–H and O–H groups in total. The van der Waals surface area contributed by atoms with Gasteiger partial charge in [-0.1, -0.05) is 0 Å². The standard InChI is InChI=1S/C10H14N2O2/c1-11-12-7-8-4-5-9(13-2)6-10(8)14-3/h4-7,11H,1-3H3/b12-7+. The smallest absolute Gasteiger partial charge is 0.131 e. The Hall–Kier alpha value is -1.71. The molecular formula is C10H14N2O2. The molecule has 0 aliphatic carbocycles. The topological polar surface area (TPSA) is 42.9 Å². The van der Waals surface area contributed by atoms with Crippen LogP contribution >= 0.6 is 0 Å². The Morgan fingerprint density at radius 2 is 2.07 bits per heavy atom. The molecular weight excluding hydrogens is 180 g/mol. The highest BCUT2D eigenvalue weighted by atomic mass is 16.5. The maximum Gasteiger partial charge on any atom is 0.131 e. The first kappa shape index (κ1) is 10.4. The number of hydrazone groups is 1. The number of nitrogens with zero attached hydrogens (tertiary/aromatic N) is 1. The van der Waals surface area contributed by atoms with Gasteiger partial charge in [0, 0.05) is 18.7 Å². The third-order valence-electron chi connectivity index (χ3n) is 1.77. The summed E-state index contributed by atoms with van der Waals surface area (Å²) in [5.41, 5.74) is 3.58. The first-order chi connectivity index (χ1) is 6.81. The lowest BCUT2D eigenvalue weighted by molar-refractivity contribution is 0.394. The molecule has 1 rings (SSSR count). The van der Waals surface area contributed by atoms with E-state index in [1.165, 1.54) is 0 Å². The van der Waals surface area contributed by atoms with Crippen molar-refractivity contribution in [1.82, 2.24) is 5.43 Å². The predicted octanol–water partition coefficient (Wildman–Crippen LogP) is 1.26. The Morgan fingerprint density at radius 1 is 1.29 bits per heavy atom. The minimum absolute atomic E-state index is 0.739. The quantitative estimate of drug-likeness (QED) is 0.579. The maximum atomic E-state index is 5.19. The Balaban J connectivity index is 2.99. The van der Waals surface area contributed by atoms with E-state index >= 15 is 0 Å². The molecule has 0 spiro atoms. The van der Waals surface area contributed by atoms with Gasteiger partial charge in [0.15, 0.2) is 0 Å². The van der Waals surface area contributed by atoms with Crippen LogP contribution in [-0.2, 0) is 0 Å². The zero-order valence-electron chi connectivity index (χ0n) is 8.57. The zero-order chi connectivity index (χ0) is 10.4. The van der Waals surface area contributed by atoms with Gasteiger partial charge in [0.05, 0.1) is 20.4 Å². The molecule has 0 bridgehead atoms. The van der Waals surface area contributed by atoms with Crippen molar-refractivity contribution in [1.29, 1.82) is 0 Å². The molecule has 0 aliphatic rings. The molecule has 1 aromatic rings. The summed E-state index contributed by atoms with van der Waals surface area (Å²) in [5, 5.41) is 3.91. The van der Waals surface area contributed by atoms with Crippen molar-refractivity contribution in [2.75, 3.05) is 21.3 Å². The number of benzene rings is 1. The number of ether oxygens (including phenoxy) is 2. The predicted molar refractivity (Wildman–Crippen MR) is 56.2 cm³/mol. The lowest BCUT2D eigenvalue weighted by Crippen LogP contribution is -1.97. The van der Waals surface area contributed by atoms with Crippen LogP contribution in [0.3, 0.4) is 0 Å². The van der Waals surface area contributed by atoms with Gasteiger partial charge < -0.3 is 14.9 Å². The molecule has 0 aliphatic heterocycles. The number of rotatable bonds is 4. The van der Waals surface area contributed by atoms with Gasteiger partial charge in [-0.15, -0.1) is 0 Å². The SMILES string of the molecule is CN/N=C/c1ccc(OC)cc1OC. The van der Waals surface area contributed by atoms with E-state index in [4.69, 9.17) is 9.47 Å². The third-order valence-corrected chi connectivity index (χ3v) is 1.77. The van der Waals surface area contributed by atoms with E-state index in [2.05, 4.69) is 10.5 Å². The van der Waals surface area contributed by atoms with Crippen LogP contribution in [0, 0.1) is 0 Å². The monoisotopic (exact) mass is 194 g/mol. The van der Waals surface area contributed by atoms with Gasteiger partial charge in [-0.3, -0.25) is 0 Å². The average Bonchev–Trinajstić information content (AvgIpc) is 2.26. The molecule has 0 amide bonds. The molecule has 76 valence electrons. The van der Waals surface area contributed by atoms with Crippen LogP contribution in [0.4, 0.5) is 0 Å². The lowest BCUT2D eigenvalue weighted by atomic mass is 10.2. The molecule has 0 saturated carbocycles. The van der Waals surface area contributed by atoms with Crippen LogP contribution in [0.15, 0.2) is 23.3 Å². The van der Waals surface area contributed by atoms with Crippen molar-refractivity contribution < 1.29 is 9.47 Å². The van der Waals surface area contributed by atoms with E-state index in [-0.39, 0.29) is 0 Å². The molecule has 1 aromatic carbocycles. The average molecular weight is 194 g/mol. The van der Waals surface area contributed by atoms with E-state index in [1.54, 1.807) is 27.5 Å². The highest BCUT2D eigenvalue weighted by Gasteiger charge is 2.01. The molecule has 0 fully saturated rings. The summed E-state index contributed by atoms with van der Waals surface area (Å²) < 4.78 is 10.3. The summed E-state index contributed by atoms with van der Waals surface area (Å²) in [6, 6.07) is 5.56. The van der Waals surface area contributed by atoms with Gasteiger partial charge in [-0.25, -0.2) is 0 Å². The van der Waals surface area contributed by atoms with Crippen LogP contribution in [0.25, 0.3) is 0 Å². The summed E-state index contributed by atoms with van der Waals surface area (Å²) in [7, 11) is 4.98. The molecule has 14 heavy (non-hydrogen) atoms. The lowest BCUT2D eigenvalue weighted by Gasteiger charge is -2.06. The molecule has 4 nitrogen and oxygen atoms in total. The number of hydrogen-bond donors (Lipinski definition) is 1. The van der Waals surface area contributed by atoms with Gasteiger partial charge in [0.2, 0.25) is 0 Å². The van der Waals surface area contributed by atoms with Crippen LogP contribution in [0.5, 0.6) is 11.5 Å². The molecule has 0 heterocycles. The van der Waals surface area contributed by atoms with E-state index in [0.29, 0.717) is 0 Å². The van der Waals surface area contributed by atoms with Gasteiger partial charge >= 0.3 is 0 Å². The van der Waals surface area contributed by atoms with Gasteiger partial charge in [0.1, 0.15) is 11.5 Å². The number of methoxy groups -OCH3 is 2. The Labute approximate surface area is 83.5 Å². The van der Waals surface area contributed by atoms with Crippen molar-refractivity contribution in [3.63, 3.8) is 0 Å². The minimum Gasteiger partial charge on any atom is -0.497 e. The number of hydrogen-bond acceptors (Lipinski definition) is 4. The van der Waals surface area contributed by atoms with Crippen molar-refractivity contribution in [2.45, 2.75) is 0 Å². The summed E-state index contributed by atoms with van der Waals surface area (Å²) in [5.74, 6) is 1.51. The van der Waals surface area contributed by atoms with Gasteiger partial charge in [0.25, 0.3) is 0 Å². The molecule has 0 saturated heterocycles. The fourth-order valence-corrected chi connectivity index (χ4v) is 1.06. The zero-order valence-corrected chi connectivity index (χ0v) is 8.57. The Bertz CT molecular complexity index is 324.